The van der Waals surface area contributed by atoms with E-state index >= 15 is 0 Å². The van der Waals surface area contributed by atoms with Crippen molar-refractivity contribution < 1.29 is 0 Å². The zero-order valence-electron chi connectivity index (χ0n) is 11.5. The third-order valence-corrected chi connectivity index (χ3v) is 4.94. The molecule has 0 aliphatic carbocycles. The lowest BCUT2D eigenvalue weighted by Crippen LogP contribution is -2.48. The Balaban J connectivity index is 1.62. The zero-order valence-corrected chi connectivity index (χ0v) is 12.4. The summed E-state index contributed by atoms with van der Waals surface area (Å²) in [6, 6.07) is 11.3. The molecular weight excluding hydrogens is 252 g/mol. The number of aromatic nitrogens is 1. The summed E-state index contributed by atoms with van der Waals surface area (Å²) < 4.78 is 0. The van der Waals surface area contributed by atoms with Crippen LogP contribution < -0.4 is 0 Å². The van der Waals surface area contributed by atoms with Crippen LogP contribution >= 0.6 is 11.3 Å². The van der Waals surface area contributed by atoms with Gasteiger partial charge in [0, 0.05) is 42.5 Å². The van der Waals surface area contributed by atoms with E-state index in [1.807, 2.05) is 11.3 Å². The molecule has 0 unspecified atom stereocenters. The first kappa shape index (κ1) is 12.8. The van der Waals surface area contributed by atoms with Gasteiger partial charge in [-0.1, -0.05) is 30.3 Å². The van der Waals surface area contributed by atoms with Gasteiger partial charge in [0.05, 0.1) is 5.01 Å². The fourth-order valence-corrected chi connectivity index (χ4v) is 3.51. The van der Waals surface area contributed by atoms with Gasteiger partial charge in [0.25, 0.3) is 0 Å². The van der Waals surface area contributed by atoms with Crippen LogP contribution in [0.5, 0.6) is 0 Å². The van der Waals surface area contributed by atoms with Gasteiger partial charge in [-0.3, -0.25) is 4.90 Å². The fraction of sp³-hybridized carbons (Fsp3) is 0.438. The molecule has 100 valence electrons. The monoisotopic (exact) mass is 272 g/mol. The average Bonchev–Trinajstić information content (AvgIpc) is 2.76. The lowest BCUT2D eigenvalue weighted by molar-refractivity contribution is 0.110. The van der Waals surface area contributed by atoms with Crippen LogP contribution in [0.2, 0.25) is 0 Å². The molecule has 0 radical (unpaired) electrons. The maximum absolute atomic E-state index is 4.62. The van der Waals surface area contributed by atoms with E-state index in [1.165, 1.54) is 28.5 Å². The summed E-state index contributed by atoms with van der Waals surface area (Å²) in [6.07, 6.45) is 3.07. The lowest BCUT2D eigenvalue weighted by Gasteiger charge is -2.41. The highest BCUT2D eigenvalue weighted by molar-refractivity contribution is 7.11. The number of rotatable bonds is 4. The predicted molar refractivity (Wildman–Crippen MR) is 80.8 cm³/mol. The quantitative estimate of drug-likeness (QED) is 0.846. The molecule has 1 aromatic carbocycles. The second kappa shape index (κ2) is 5.43. The van der Waals surface area contributed by atoms with Gasteiger partial charge in [0.1, 0.15) is 0 Å². The number of benzene rings is 1. The third kappa shape index (κ3) is 2.88. The number of hydrogen-bond acceptors (Lipinski definition) is 3. The molecule has 2 aromatic rings. The van der Waals surface area contributed by atoms with Crippen LogP contribution in [0.25, 0.3) is 0 Å². The Bertz CT molecular complexity index is 527. The molecule has 1 aromatic heterocycles. The van der Waals surface area contributed by atoms with Crippen LogP contribution in [0.4, 0.5) is 0 Å². The van der Waals surface area contributed by atoms with Crippen molar-refractivity contribution >= 4 is 11.3 Å². The number of hydrogen-bond donors (Lipinski definition) is 0. The summed E-state index contributed by atoms with van der Waals surface area (Å²) in [6.45, 7) is 6.88. The summed E-state index contributed by atoms with van der Waals surface area (Å²) in [4.78, 5) is 8.50. The van der Waals surface area contributed by atoms with Crippen molar-refractivity contribution in [2.75, 3.05) is 13.1 Å². The van der Waals surface area contributed by atoms with Crippen molar-refractivity contribution in [3.05, 3.63) is 52.0 Å². The van der Waals surface area contributed by atoms with Crippen molar-refractivity contribution in [2.45, 2.75) is 32.2 Å². The molecule has 0 atom stereocenters. The normalized spacial score (nSPS) is 16.8. The van der Waals surface area contributed by atoms with E-state index in [0.29, 0.717) is 12.0 Å². The molecule has 0 amide bonds. The molecular formula is C16H20N2S. The summed E-state index contributed by atoms with van der Waals surface area (Å²) in [5.74, 6) is 0.664. The van der Waals surface area contributed by atoms with Crippen molar-refractivity contribution in [1.29, 1.82) is 0 Å². The smallest absolute Gasteiger partial charge is 0.0984 e. The number of thiazole rings is 1. The standard InChI is InChI=1S/C16H20N2S/c1-12(2)18-10-14(11-18)16-17-9-15(19-16)8-13-6-4-3-5-7-13/h3-7,9,12,14H,8,10-11H2,1-2H3. The third-order valence-electron chi connectivity index (χ3n) is 3.78. The molecule has 1 saturated heterocycles. The molecule has 0 bridgehead atoms. The lowest BCUT2D eigenvalue weighted by atomic mass is 9.99. The topological polar surface area (TPSA) is 16.1 Å². The van der Waals surface area contributed by atoms with E-state index in [1.54, 1.807) is 0 Å². The highest BCUT2D eigenvalue weighted by atomic mass is 32.1. The van der Waals surface area contributed by atoms with Gasteiger partial charge in [0.15, 0.2) is 0 Å². The van der Waals surface area contributed by atoms with Crippen molar-refractivity contribution in [2.24, 2.45) is 0 Å². The second-order valence-electron chi connectivity index (χ2n) is 5.57. The highest BCUT2D eigenvalue weighted by Crippen LogP contribution is 2.31. The van der Waals surface area contributed by atoms with Crippen molar-refractivity contribution in [1.82, 2.24) is 9.88 Å². The molecule has 19 heavy (non-hydrogen) atoms. The number of nitrogens with zero attached hydrogens (tertiary/aromatic N) is 2. The van der Waals surface area contributed by atoms with Crippen molar-refractivity contribution in [3.63, 3.8) is 0 Å². The van der Waals surface area contributed by atoms with E-state index in [-0.39, 0.29) is 0 Å². The molecule has 1 aliphatic heterocycles. The van der Waals surface area contributed by atoms with E-state index in [2.05, 4.69) is 60.3 Å². The Morgan fingerprint density at radius 1 is 1.26 bits per heavy atom. The minimum absolute atomic E-state index is 0.664. The zero-order chi connectivity index (χ0) is 13.2. The van der Waals surface area contributed by atoms with Gasteiger partial charge >= 0.3 is 0 Å². The Morgan fingerprint density at radius 3 is 2.68 bits per heavy atom. The Hall–Kier alpha value is -1.19. The molecule has 0 spiro atoms. The van der Waals surface area contributed by atoms with Crippen LogP contribution in [0.3, 0.4) is 0 Å². The van der Waals surface area contributed by atoms with E-state index < -0.39 is 0 Å². The van der Waals surface area contributed by atoms with Crippen LogP contribution in [-0.2, 0) is 6.42 Å². The van der Waals surface area contributed by atoms with Crippen LogP contribution in [0, 0.1) is 0 Å². The molecule has 0 N–H and O–H groups in total. The minimum atomic E-state index is 0.664. The van der Waals surface area contributed by atoms with Crippen molar-refractivity contribution in [3.8, 4) is 0 Å². The van der Waals surface area contributed by atoms with Gasteiger partial charge in [-0.15, -0.1) is 11.3 Å². The Labute approximate surface area is 119 Å². The summed E-state index contributed by atoms with van der Waals surface area (Å²) in [5, 5.41) is 1.32. The molecule has 2 heterocycles. The van der Waals surface area contributed by atoms with Crippen LogP contribution in [0.1, 0.15) is 35.2 Å². The SMILES string of the molecule is CC(C)N1CC(c2ncc(Cc3ccccc3)s2)C1. The van der Waals surface area contributed by atoms with Gasteiger partial charge in [0.2, 0.25) is 0 Å². The van der Waals surface area contributed by atoms with Crippen LogP contribution in [-0.4, -0.2) is 29.0 Å². The predicted octanol–water partition coefficient (Wildman–Crippen LogP) is 3.54. The molecule has 2 nitrogen and oxygen atoms in total. The Morgan fingerprint density at radius 2 is 2.00 bits per heavy atom. The molecule has 0 saturated carbocycles. The first-order valence-corrected chi connectivity index (χ1v) is 7.76. The first-order valence-electron chi connectivity index (χ1n) is 6.95. The second-order valence-corrected chi connectivity index (χ2v) is 6.72. The summed E-state index contributed by atoms with van der Waals surface area (Å²) in [7, 11) is 0. The maximum atomic E-state index is 4.62. The van der Waals surface area contributed by atoms with E-state index in [0.717, 1.165) is 6.42 Å². The first-order chi connectivity index (χ1) is 9.22. The summed E-state index contributed by atoms with van der Waals surface area (Å²) >= 11 is 1.89. The number of likely N-dealkylation sites (tertiary alicyclic amines) is 1. The maximum Gasteiger partial charge on any atom is 0.0984 e. The molecule has 1 fully saturated rings. The van der Waals surface area contributed by atoms with E-state index in [9.17, 15) is 0 Å². The largest absolute Gasteiger partial charge is 0.299 e. The highest BCUT2D eigenvalue weighted by Gasteiger charge is 2.31. The van der Waals surface area contributed by atoms with Gasteiger partial charge in [-0.2, -0.15) is 0 Å². The van der Waals surface area contributed by atoms with Crippen LogP contribution in [0.15, 0.2) is 36.5 Å². The molecule has 3 rings (SSSR count). The molecule has 3 heteroatoms. The minimum Gasteiger partial charge on any atom is -0.299 e. The van der Waals surface area contributed by atoms with Gasteiger partial charge in [-0.05, 0) is 19.4 Å². The summed E-state index contributed by atoms with van der Waals surface area (Å²) in [5.41, 5.74) is 1.37. The Kier molecular flexibility index (Phi) is 3.67. The fourth-order valence-electron chi connectivity index (χ4n) is 2.48. The van der Waals surface area contributed by atoms with E-state index in [4.69, 9.17) is 0 Å². The average molecular weight is 272 g/mol. The van der Waals surface area contributed by atoms with Gasteiger partial charge in [-0.25, -0.2) is 4.98 Å². The van der Waals surface area contributed by atoms with Gasteiger partial charge < -0.3 is 0 Å². The molecule has 1 aliphatic rings.